The Balaban J connectivity index is 1.47. The largest absolute Gasteiger partial charge is 0.481 e. The van der Waals surface area contributed by atoms with Crippen molar-refractivity contribution >= 4 is 28.9 Å². The van der Waals surface area contributed by atoms with Crippen molar-refractivity contribution in [3.63, 3.8) is 0 Å². The topological polar surface area (TPSA) is 84.2 Å². The van der Waals surface area contributed by atoms with E-state index in [1.165, 1.54) is 10.2 Å². The van der Waals surface area contributed by atoms with Crippen LogP contribution in [0.3, 0.4) is 0 Å². The Hall–Kier alpha value is -2.34. The second kappa shape index (κ2) is 7.09. The van der Waals surface area contributed by atoms with Crippen LogP contribution in [0.2, 0.25) is 5.02 Å². The number of carboxylic acid groups (broad SMARTS) is 1. The summed E-state index contributed by atoms with van der Waals surface area (Å²) in [5, 5.41) is 17.8. The molecule has 7 heteroatoms. The monoisotopic (exact) mass is 441 g/mol. The number of carbonyl (C=O) groups is 1. The van der Waals surface area contributed by atoms with Gasteiger partial charge in [0.25, 0.3) is 5.56 Å². The maximum absolute atomic E-state index is 13.3. The summed E-state index contributed by atoms with van der Waals surface area (Å²) < 4.78 is 1.51. The molecule has 1 aromatic carbocycles. The second-order valence-electron chi connectivity index (χ2n) is 10.3. The van der Waals surface area contributed by atoms with Crippen LogP contribution in [0, 0.1) is 17.3 Å². The third-order valence-corrected chi connectivity index (χ3v) is 8.07. The minimum atomic E-state index is -0.729. The second-order valence-corrected chi connectivity index (χ2v) is 10.6. The van der Waals surface area contributed by atoms with Crippen molar-refractivity contribution in [2.24, 2.45) is 17.3 Å². The lowest BCUT2D eigenvalue weighted by molar-refractivity contribution is -0.173. The van der Waals surface area contributed by atoms with E-state index in [1.807, 2.05) is 12.1 Å². The molecule has 0 saturated heterocycles. The number of hydrogen-bond donors (Lipinski definition) is 2. The van der Waals surface area contributed by atoms with Crippen molar-refractivity contribution in [2.75, 3.05) is 5.32 Å². The summed E-state index contributed by atoms with van der Waals surface area (Å²) >= 11 is 6.52. The van der Waals surface area contributed by atoms with E-state index in [0.717, 1.165) is 37.8 Å². The van der Waals surface area contributed by atoms with Crippen LogP contribution in [0.25, 0.3) is 0 Å². The third-order valence-electron chi connectivity index (χ3n) is 7.71. The summed E-state index contributed by atoms with van der Waals surface area (Å²) in [5.41, 5.74) is 0.933. The SMILES string of the molecule is CC(C)c1ccc(Nc2cnn(C34CC5CC(CC(C(=O)O)(C5)C3)C4)c(=O)c2Cl)cc1. The highest BCUT2D eigenvalue weighted by molar-refractivity contribution is 6.33. The quantitative estimate of drug-likeness (QED) is 0.670. The molecule has 31 heavy (non-hydrogen) atoms. The highest BCUT2D eigenvalue weighted by Gasteiger charge is 2.62. The first-order valence-electron chi connectivity index (χ1n) is 11.1. The fourth-order valence-electron chi connectivity index (χ4n) is 6.68. The van der Waals surface area contributed by atoms with Gasteiger partial charge in [-0.25, -0.2) is 4.68 Å². The van der Waals surface area contributed by atoms with Gasteiger partial charge in [-0.05, 0) is 74.0 Å². The molecule has 164 valence electrons. The molecule has 1 aromatic heterocycles. The van der Waals surface area contributed by atoms with Gasteiger partial charge in [0.1, 0.15) is 5.02 Å². The Morgan fingerprint density at radius 2 is 1.84 bits per heavy atom. The van der Waals surface area contributed by atoms with Crippen LogP contribution in [0.1, 0.15) is 63.9 Å². The summed E-state index contributed by atoms with van der Waals surface area (Å²) in [6, 6.07) is 8.03. The van der Waals surface area contributed by atoms with Gasteiger partial charge in [0.2, 0.25) is 0 Å². The fraction of sp³-hybridized carbons (Fsp3) is 0.542. The Morgan fingerprint density at radius 1 is 1.19 bits per heavy atom. The number of hydrogen-bond acceptors (Lipinski definition) is 4. The van der Waals surface area contributed by atoms with Gasteiger partial charge in [-0.1, -0.05) is 37.6 Å². The number of nitrogens with zero attached hydrogens (tertiary/aromatic N) is 2. The van der Waals surface area contributed by atoms with Crippen LogP contribution in [0.5, 0.6) is 0 Å². The van der Waals surface area contributed by atoms with Crippen molar-refractivity contribution in [3.05, 3.63) is 51.4 Å². The molecule has 6 rings (SSSR count). The molecule has 2 unspecified atom stereocenters. The smallest absolute Gasteiger partial charge is 0.309 e. The average Bonchev–Trinajstić information content (AvgIpc) is 2.70. The molecular formula is C24H28ClN3O3. The van der Waals surface area contributed by atoms with Gasteiger partial charge in [-0.3, -0.25) is 9.59 Å². The highest BCUT2D eigenvalue weighted by Crippen LogP contribution is 2.63. The van der Waals surface area contributed by atoms with Gasteiger partial charge in [0, 0.05) is 5.69 Å². The zero-order valence-electron chi connectivity index (χ0n) is 17.9. The van der Waals surface area contributed by atoms with Crippen molar-refractivity contribution < 1.29 is 9.90 Å². The Morgan fingerprint density at radius 3 is 2.42 bits per heavy atom. The van der Waals surface area contributed by atoms with Crippen LogP contribution >= 0.6 is 11.6 Å². The summed E-state index contributed by atoms with van der Waals surface area (Å²) in [6.45, 7) is 4.28. The third kappa shape index (κ3) is 3.27. The van der Waals surface area contributed by atoms with Gasteiger partial charge in [-0.15, -0.1) is 0 Å². The van der Waals surface area contributed by atoms with E-state index < -0.39 is 16.9 Å². The summed E-state index contributed by atoms with van der Waals surface area (Å²) in [5.74, 6) is 0.384. The van der Waals surface area contributed by atoms with E-state index >= 15 is 0 Å². The predicted molar refractivity (Wildman–Crippen MR) is 120 cm³/mol. The zero-order valence-corrected chi connectivity index (χ0v) is 18.7. The number of nitrogens with one attached hydrogen (secondary N) is 1. The Kier molecular flexibility index (Phi) is 4.70. The fourth-order valence-corrected chi connectivity index (χ4v) is 6.85. The van der Waals surface area contributed by atoms with E-state index in [2.05, 4.69) is 36.4 Å². The molecule has 0 amide bonds. The van der Waals surface area contributed by atoms with Crippen molar-refractivity contribution in [2.45, 2.75) is 63.8 Å². The molecule has 4 saturated carbocycles. The summed E-state index contributed by atoms with van der Waals surface area (Å²) in [7, 11) is 0. The molecular weight excluding hydrogens is 414 g/mol. The van der Waals surface area contributed by atoms with Crippen molar-refractivity contribution in [1.29, 1.82) is 0 Å². The van der Waals surface area contributed by atoms with Crippen molar-refractivity contribution in [3.8, 4) is 0 Å². The number of benzene rings is 1. The van der Waals surface area contributed by atoms with Gasteiger partial charge in [-0.2, -0.15) is 5.10 Å². The standard InChI is InChI=1S/C24H28ClN3O3/c1-14(2)17-3-5-18(6-4-17)27-19-12-26-28(21(29)20(19)25)24-10-15-7-16(11-24)9-23(8-15,13-24)22(30)31/h3-6,12,14-16,27H,7-11,13H2,1-2H3,(H,30,31). The van der Waals surface area contributed by atoms with Crippen molar-refractivity contribution in [1.82, 2.24) is 9.78 Å². The Bertz CT molecular complexity index is 1080. The number of carboxylic acids is 1. The number of aromatic nitrogens is 2. The molecule has 2 N–H and O–H groups in total. The predicted octanol–water partition coefficient (Wildman–Crippen LogP) is 5.14. The molecule has 6 nitrogen and oxygen atoms in total. The zero-order chi connectivity index (χ0) is 22.0. The molecule has 2 aromatic rings. The van der Waals surface area contributed by atoms with Crippen LogP contribution in [-0.2, 0) is 10.3 Å². The molecule has 2 atom stereocenters. The van der Waals surface area contributed by atoms with Gasteiger partial charge >= 0.3 is 5.97 Å². The molecule has 0 radical (unpaired) electrons. The first-order valence-corrected chi connectivity index (χ1v) is 11.5. The maximum Gasteiger partial charge on any atom is 0.309 e. The number of aliphatic carboxylic acids is 1. The number of halogens is 1. The molecule has 4 bridgehead atoms. The minimum Gasteiger partial charge on any atom is -0.481 e. The number of rotatable bonds is 5. The van der Waals surface area contributed by atoms with E-state index in [4.69, 9.17) is 11.6 Å². The van der Waals surface area contributed by atoms with Crippen LogP contribution in [0.15, 0.2) is 35.3 Å². The maximum atomic E-state index is 13.3. The normalized spacial score (nSPS) is 31.2. The summed E-state index contributed by atoms with van der Waals surface area (Å²) in [6.07, 6.45) is 6.19. The highest BCUT2D eigenvalue weighted by atomic mass is 35.5. The average molecular weight is 442 g/mol. The van der Waals surface area contributed by atoms with E-state index in [1.54, 1.807) is 6.20 Å². The Labute approximate surface area is 186 Å². The molecule has 4 aliphatic rings. The molecule has 0 spiro atoms. The van der Waals surface area contributed by atoms with E-state index in [-0.39, 0.29) is 10.6 Å². The summed E-state index contributed by atoms with van der Waals surface area (Å²) in [4.78, 5) is 25.5. The molecule has 4 aliphatic carbocycles. The van der Waals surface area contributed by atoms with Gasteiger partial charge in [0.15, 0.2) is 0 Å². The lowest BCUT2D eigenvalue weighted by Gasteiger charge is -2.60. The first kappa shape index (κ1) is 20.6. The van der Waals surface area contributed by atoms with E-state index in [0.29, 0.717) is 29.9 Å². The number of anilines is 2. The van der Waals surface area contributed by atoms with E-state index in [9.17, 15) is 14.7 Å². The first-order chi connectivity index (χ1) is 14.7. The van der Waals surface area contributed by atoms with Gasteiger partial charge in [0.05, 0.1) is 22.8 Å². The molecule has 1 heterocycles. The van der Waals surface area contributed by atoms with Crippen LogP contribution in [-0.4, -0.2) is 20.9 Å². The molecule has 4 fully saturated rings. The lowest BCUT2D eigenvalue weighted by atomic mass is 9.47. The van der Waals surface area contributed by atoms with Gasteiger partial charge < -0.3 is 10.4 Å². The minimum absolute atomic E-state index is 0.100. The molecule has 0 aliphatic heterocycles. The van der Waals surface area contributed by atoms with Crippen LogP contribution < -0.4 is 10.9 Å². The lowest BCUT2D eigenvalue weighted by Crippen LogP contribution is -2.61. The van der Waals surface area contributed by atoms with Crippen LogP contribution in [0.4, 0.5) is 11.4 Å².